The van der Waals surface area contributed by atoms with E-state index in [1.54, 1.807) is 0 Å². The van der Waals surface area contributed by atoms with Crippen LogP contribution in [0.1, 0.15) is 0 Å². The van der Waals surface area contributed by atoms with Gasteiger partial charge in [0.25, 0.3) is 0 Å². The molecule has 12 nitrogen and oxygen atoms in total. The third-order valence-corrected chi connectivity index (χ3v) is 2.17. The van der Waals surface area contributed by atoms with E-state index in [1.165, 1.54) is 0 Å². The number of nitrogens with zero attached hydrogens (tertiary/aromatic N) is 2. The molecule has 0 unspecified atom stereocenters. The number of rotatable bonds is 11. The minimum absolute atomic E-state index is 0. The molecule has 0 bridgehead atoms. The maximum absolute atomic E-state index is 10.6. The van der Waals surface area contributed by atoms with Crippen LogP contribution < -0.4 is 0 Å². The molecule has 0 spiro atoms. The van der Waals surface area contributed by atoms with Crippen LogP contribution in [0.4, 0.5) is 0 Å². The quantitative estimate of drug-likeness (QED) is 0.262. The van der Waals surface area contributed by atoms with E-state index in [9.17, 15) is 19.2 Å². The van der Waals surface area contributed by atoms with E-state index in [4.69, 9.17) is 20.4 Å². The molecular weight excluding hydrogens is 331 g/mol. The van der Waals surface area contributed by atoms with Gasteiger partial charge in [0.15, 0.2) is 0 Å². The topological polar surface area (TPSA) is 219 Å². The van der Waals surface area contributed by atoms with Crippen molar-refractivity contribution in [2.75, 3.05) is 39.3 Å². The summed E-state index contributed by atoms with van der Waals surface area (Å²) in [6.07, 6.45) is 0. The molecule has 0 radical (unpaired) electrons. The molecule has 0 aromatic carbocycles. The molecule has 0 atom stereocenters. The molecule has 0 rings (SSSR count). The molecule has 0 aliphatic heterocycles. The fourth-order valence-electron chi connectivity index (χ4n) is 1.48. The zero-order valence-electron chi connectivity index (χ0n) is 11.6. The van der Waals surface area contributed by atoms with E-state index in [1.807, 2.05) is 0 Å². The number of carboxylic acid groups (broad SMARTS) is 4. The Labute approximate surface area is 153 Å². The summed E-state index contributed by atoms with van der Waals surface area (Å²) in [5, 5.41) is 34.5. The molecule has 0 amide bonds. The molecular formula is C10H21N2NaO10. The van der Waals surface area contributed by atoms with Crippen LogP contribution in [-0.4, -0.2) is 134 Å². The van der Waals surface area contributed by atoms with Gasteiger partial charge >= 0.3 is 53.4 Å². The second kappa shape index (κ2) is 15.6. The summed E-state index contributed by atoms with van der Waals surface area (Å²) in [6.45, 7) is -2.25. The van der Waals surface area contributed by atoms with E-state index < -0.39 is 50.1 Å². The second-order valence-corrected chi connectivity index (χ2v) is 4.00. The van der Waals surface area contributed by atoms with Crippen molar-refractivity contribution in [3.63, 3.8) is 0 Å². The van der Waals surface area contributed by atoms with Gasteiger partial charge in [-0.05, 0) is 0 Å². The Morgan fingerprint density at radius 2 is 0.739 bits per heavy atom. The van der Waals surface area contributed by atoms with Gasteiger partial charge in [-0.15, -0.1) is 0 Å². The van der Waals surface area contributed by atoms with Crippen LogP contribution >= 0.6 is 0 Å². The molecule has 0 aromatic heterocycles. The first kappa shape index (κ1) is 29.7. The summed E-state index contributed by atoms with van der Waals surface area (Å²) in [4.78, 5) is 44.4. The third kappa shape index (κ3) is 18.7. The van der Waals surface area contributed by atoms with Gasteiger partial charge in [-0.25, -0.2) is 0 Å². The molecule has 8 N–H and O–H groups in total. The molecule has 0 aliphatic rings. The first-order chi connectivity index (χ1) is 9.20. The molecule has 23 heavy (non-hydrogen) atoms. The first-order valence-electron chi connectivity index (χ1n) is 5.52. The molecule has 0 fully saturated rings. The summed E-state index contributed by atoms with van der Waals surface area (Å²) >= 11 is 0. The Morgan fingerprint density at radius 1 is 0.565 bits per heavy atom. The zero-order valence-corrected chi connectivity index (χ0v) is 11.6. The maximum atomic E-state index is 10.6. The van der Waals surface area contributed by atoms with Gasteiger partial charge in [-0.3, -0.25) is 29.0 Å². The van der Waals surface area contributed by atoms with Crippen LogP contribution in [0.5, 0.6) is 0 Å². The van der Waals surface area contributed by atoms with E-state index >= 15 is 0 Å². The van der Waals surface area contributed by atoms with Crippen LogP contribution in [0.15, 0.2) is 0 Å². The predicted octanol–water partition coefficient (Wildman–Crippen LogP) is -4.37. The van der Waals surface area contributed by atoms with Gasteiger partial charge in [0, 0.05) is 13.1 Å². The van der Waals surface area contributed by atoms with Crippen molar-refractivity contribution in [3.8, 4) is 0 Å². The summed E-state index contributed by atoms with van der Waals surface area (Å²) in [5.74, 6) is -4.91. The SMILES string of the molecule is O.O.O=C(O)CN(CCN(CC(=O)O)CC(=O)O)CC(=O)O.[NaH]. The fourth-order valence-corrected chi connectivity index (χ4v) is 1.48. The molecule has 0 aromatic rings. The van der Waals surface area contributed by atoms with Crippen LogP contribution in [0.3, 0.4) is 0 Å². The molecule has 0 saturated heterocycles. The number of aliphatic carboxylic acids is 4. The van der Waals surface area contributed by atoms with Crippen LogP contribution in [0.25, 0.3) is 0 Å². The number of hydrogen-bond acceptors (Lipinski definition) is 6. The Bertz CT molecular complexity index is 324. The molecule has 13 heteroatoms. The van der Waals surface area contributed by atoms with Gasteiger partial charge in [-0.1, -0.05) is 0 Å². The van der Waals surface area contributed by atoms with Gasteiger partial charge in [0.05, 0.1) is 26.2 Å². The molecule has 0 heterocycles. The molecule has 0 aliphatic carbocycles. The van der Waals surface area contributed by atoms with Crippen molar-refractivity contribution < 1.29 is 50.6 Å². The van der Waals surface area contributed by atoms with Gasteiger partial charge < -0.3 is 31.4 Å². The average Bonchev–Trinajstić information content (AvgIpc) is 2.22. The van der Waals surface area contributed by atoms with E-state index in [-0.39, 0.29) is 53.6 Å². The van der Waals surface area contributed by atoms with Gasteiger partial charge in [0.2, 0.25) is 0 Å². The Kier molecular flexibility index (Phi) is 20.2. The van der Waals surface area contributed by atoms with Crippen molar-refractivity contribution in [2.24, 2.45) is 0 Å². The van der Waals surface area contributed by atoms with E-state index in [2.05, 4.69) is 0 Å². The van der Waals surface area contributed by atoms with Gasteiger partial charge in [0.1, 0.15) is 0 Å². The monoisotopic (exact) mass is 352 g/mol. The fraction of sp³-hybridized carbons (Fsp3) is 0.600. The molecule has 132 valence electrons. The Hall–Kier alpha value is -1.28. The van der Waals surface area contributed by atoms with Crippen molar-refractivity contribution in [1.29, 1.82) is 0 Å². The van der Waals surface area contributed by atoms with Crippen molar-refractivity contribution >= 4 is 53.4 Å². The minimum atomic E-state index is -1.23. The van der Waals surface area contributed by atoms with Crippen LogP contribution in [0, 0.1) is 0 Å². The standard InChI is InChI=1S/C10H16N2O8.Na.2H2O.H/c13-7(14)3-11(4-8(15)16)1-2-12(5-9(17)18)6-10(19)20;;;;/h1-6H2,(H,13,14)(H,15,16)(H,17,18)(H,19,20);;2*1H2;. The van der Waals surface area contributed by atoms with Crippen LogP contribution in [0.2, 0.25) is 0 Å². The van der Waals surface area contributed by atoms with E-state index in [0.29, 0.717) is 0 Å². The first-order valence-corrected chi connectivity index (χ1v) is 5.52. The summed E-state index contributed by atoms with van der Waals surface area (Å²) in [5.41, 5.74) is 0. The van der Waals surface area contributed by atoms with Crippen LogP contribution in [-0.2, 0) is 19.2 Å². The third-order valence-electron chi connectivity index (χ3n) is 2.17. The summed E-state index contributed by atoms with van der Waals surface area (Å²) in [7, 11) is 0. The van der Waals surface area contributed by atoms with Crippen molar-refractivity contribution in [1.82, 2.24) is 9.80 Å². The number of carboxylic acids is 4. The van der Waals surface area contributed by atoms with E-state index in [0.717, 1.165) is 9.80 Å². The average molecular weight is 352 g/mol. The van der Waals surface area contributed by atoms with Crippen molar-refractivity contribution in [3.05, 3.63) is 0 Å². The normalized spacial score (nSPS) is 9.30. The number of hydrogen-bond donors (Lipinski definition) is 4. The predicted molar refractivity (Wildman–Crippen MR) is 77.8 cm³/mol. The number of carbonyl (C=O) groups is 4. The Balaban J connectivity index is -0.000000602. The van der Waals surface area contributed by atoms with Gasteiger partial charge in [-0.2, -0.15) is 0 Å². The zero-order chi connectivity index (χ0) is 15.7. The summed E-state index contributed by atoms with van der Waals surface area (Å²) < 4.78 is 0. The molecule has 0 saturated carbocycles. The van der Waals surface area contributed by atoms with Crippen molar-refractivity contribution in [2.45, 2.75) is 0 Å². The second-order valence-electron chi connectivity index (χ2n) is 4.00. The Morgan fingerprint density at radius 3 is 0.870 bits per heavy atom. The summed E-state index contributed by atoms with van der Waals surface area (Å²) in [6, 6.07) is 0.